The van der Waals surface area contributed by atoms with Gasteiger partial charge in [0.1, 0.15) is 30.1 Å². The van der Waals surface area contributed by atoms with Crippen LogP contribution in [0.15, 0.2) is 36.7 Å². The molecule has 1 aliphatic carbocycles. The summed E-state index contributed by atoms with van der Waals surface area (Å²) in [6, 6.07) is 9.94. The van der Waals surface area contributed by atoms with E-state index in [0.29, 0.717) is 25.6 Å². The standard InChI is InChI=1S/C22H23F2N5O2/c23-22(24)31-13-8-29(9-13)17-10-30-18-4-2-1-3-14(18)19(17)28-21-15-7-16(12-5-6-12)27-20(15)25-11-26-21/h1-4,7,11-13,17,19,22H,5-6,8-10H2,(H2,25,26,27,28)/t17-,19-/m1/s1. The molecule has 4 heterocycles. The van der Waals surface area contributed by atoms with E-state index < -0.39 is 12.7 Å². The van der Waals surface area contributed by atoms with E-state index >= 15 is 0 Å². The number of nitrogens with one attached hydrogen (secondary N) is 2. The van der Waals surface area contributed by atoms with Gasteiger partial charge in [-0.2, -0.15) is 8.78 Å². The highest BCUT2D eigenvalue weighted by Gasteiger charge is 2.42. The highest BCUT2D eigenvalue weighted by atomic mass is 19.3. The van der Waals surface area contributed by atoms with Crippen molar-refractivity contribution in [2.24, 2.45) is 0 Å². The normalized spacial score (nSPS) is 24.1. The molecule has 2 atom stereocenters. The fourth-order valence-corrected chi connectivity index (χ4v) is 4.65. The Bertz CT molecular complexity index is 1100. The smallest absolute Gasteiger partial charge is 0.345 e. The molecule has 2 aliphatic heterocycles. The van der Waals surface area contributed by atoms with E-state index in [2.05, 4.69) is 36.0 Å². The van der Waals surface area contributed by atoms with E-state index in [4.69, 9.17) is 4.74 Å². The molecule has 3 aromatic rings. The van der Waals surface area contributed by atoms with Crippen molar-refractivity contribution in [3.8, 4) is 5.75 Å². The zero-order chi connectivity index (χ0) is 20.9. The van der Waals surface area contributed by atoms with Crippen LogP contribution in [0.3, 0.4) is 0 Å². The molecule has 2 fully saturated rings. The lowest BCUT2D eigenvalue weighted by molar-refractivity contribution is -0.203. The van der Waals surface area contributed by atoms with Crippen LogP contribution < -0.4 is 10.1 Å². The molecule has 0 spiro atoms. The van der Waals surface area contributed by atoms with Gasteiger partial charge in [-0.1, -0.05) is 18.2 Å². The molecule has 1 saturated carbocycles. The summed E-state index contributed by atoms with van der Waals surface area (Å²) in [5, 5.41) is 4.59. The second-order valence-corrected chi connectivity index (χ2v) is 8.49. The number of rotatable bonds is 6. The van der Waals surface area contributed by atoms with Crippen LogP contribution in [0.5, 0.6) is 5.75 Å². The first-order valence-electron chi connectivity index (χ1n) is 10.7. The SMILES string of the molecule is FC(F)OC1CN([C@@H]2COc3ccccc3[C@H]2Nc2ncnc3[nH]c(C4CC4)cc23)C1. The average molecular weight is 427 g/mol. The van der Waals surface area contributed by atoms with Crippen molar-refractivity contribution in [1.29, 1.82) is 0 Å². The number of ether oxygens (including phenoxy) is 2. The molecule has 3 aliphatic rings. The molecule has 1 saturated heterocycles. The Labute approximate surface area is 177 Å². The van der Waals surface area contributed by atoms with Crippen LogP contribution in [0.2, 0.25) is 0 Å². The quantitative estimate of drug-likeness (QED) is 0.625. The summed E-state index contributed by atoms with van der Waals surface area (Å²) in [5.41, 5.74) is 3.06. The first kappa shape index (κ1) is 18.9. The van der Waals surface area contributed by atoms with Crippen molar-refractivity contribution in [2.45, 2.75) is 43.6 Å². The van der Waals surface area contributed by atoms with Crippen molar-refractivity contribution in [1.82, 2.24) is 19.9 Å². The molecule has 1 aromatic carbocycles. The summed E-state index contributed by atoms with van der Waals surface area (Å²) in [6.07, 6.45) is 3.52. The number of aromatic nitrogens is 3. The van der Waals surface area contributed by atoms with Gasteiger partial charge in [0.2, 0.25) is 0 Å². The van der Waals surface area contributed by atoms with Crippen molar-refractivity contribution in [2.75, 3.05) is 25.0 Å². The summed E-state index contributed by atoms with van der Waals surface area (Å²) in [6.45, 7) is -1.38. The van der Waals surface area contributed by atoms with Gasteiger partial charge < -0.3 is 19.8 Å². The zero-order valence-corrected chi connectivity index (χ0v) is 16.8. The average Bonchev–Trinajstić information content (AvgIpc) is 3.50. The third-order valence-corrected chi connectivity index (χ3v) is 6.44. The van der Waals surface area contributed by atoms with Crippen LogP contribution in [0, 0.1) is 0 Å². The molecule has 9 heteroatoms. The van der Waals surface area contributed by atoms with Crippen LogP contribution in [0.1, 0.15) is 36.1 Å². The van der Waals surface area contributed by atoms with E-state index in [9.17, 15) is 8.78 Å². The number of aromatic amines is 1. The maximum atomic E-state index is 12.6. The minimum absolute atomic E-state index is 0.0284. The maximum Gasteiger partial charge on any atom is 0.345 e. The molecule has 0 bridgehead atoms. The number of halogens is 2. The zero-order valence-electron chi connectivity index (χ0n) is 16.8. The maximum absolute atomic E-state index is 12.6. The summed E-state index contributed by atoms with van der Waals surface area (Å²) in [5.74, 6) is 2.18. The first-order chi connectivity index (χ1) is 15.2. The van der Waals surface area contributed by atoms with Crippen LogP contribution in [0.25, 0.3) is 11.0 Å². The Kier molecular flexibility index (Phi) is 4.53. The van der Waals surface area contributed by atoms with Gasteiger partial charge in [-0.25, -0.2) is 9.97 Å². The topological polar surface area (TPSA) is 75.3 Å². The minimum Gasteiger partial charge on any atom is -0.491 e. The highest BCUT2D eigenvalue weighted by molar-refractivity contribution is 5.88. The lowest BCUT2D eigenvalue weighted by Crippen LogP contribution is -2.61. The molecule has 162 valence electrons. The first-order valence-corrected chi connectivity index (χ1v) is 10.7. The Morgan fingerprint density at radius 2 is 2.03 bits per heavy atom. The van der Waals surface area contributed by atoms with E-state index in [-0.39, 0.29) is 12.1 Å². The van der Waals surface area contributed by atoms with E-state index in [0.717, 1.165) is 28.2 Å². The lowest BCUT2D eigenvalue weighted by Gasteiger charge is -2.48. The molecule has 31 heavy (non-hydrogen) atoms. The summed E-state index contributed by atoms with van der Waals surface area (Å²) >= 11 is 0. The Balaban J connectivity index is 1.31. The molecule has 0 unspecified atom stereocenters. The van der Waals surface area contributed by atoms with E-state index in [1.165, 1.54) is 18.5 Å². The Hall–Kier alpha value is -2.78. The predicted molar refractivity (Wildman–Crippen MR) is 110 cm³/mol. The van der Waals surface area contributed by atoms with Gasteiger partial charge >= 0.3 is 6.61 Å². The highest BCUT2D eigenvalue weighted by Crippen LogP contribution is 2.42. The molecular weight excluding hydrogens is 404 g/mol. The molecular formula is C22H23F2N5O2. The van der Waals surface area contributed by atoms with Gasteiger partial charge in [0, 0.05) is 24.3 Å². The van der Waals surface area contributed by atoms with Crippen molar-refractivity contribution in [3.05, 3.63) is 47.9 Å². The largest absolute Gasteiger partial charge is 0.491 e. The van der Waals surface area contributed by atoms with Crippen molar-refractivity contribution < 1.29 is 18.3 Å². The van der Waals surface area contributed by atoms with Crippen LogP contribution in [0.4, 0.5) is 14.6 Å². The van der Waals surface area contributed by atoms with E-state index in [1.807, 2.05) is 24.3 Å². The predicted octanol–water partition coefficient (Wildman–Crippen LogP) is 3.67. The van der Waals surface area contributed by atoms with Gasteiger partial charge in [0.15, 0.2) is 0 Å². The molecule has 2 N–H and O–H groups in total. The van der Waals surface area contributed by atoms with Gasteiger partial charge in [0.25, 0.3) is 0 Å². The number of para-hydroxylation sites is 1. The van der Waals surface area contributed by atoms with Gasteiger partial charge in [-0.05, 0) is 30.9 Å². The molecule has 0 radical (unpaired) electrons. The molecule has 0 amide bonds. The van der Waals surface area contributed by atoms with Crippen LogP contribution in [-0.2, 0) is 4.74 Å². The summed E-state index contributed by atoms with van der Waals surface area (Å²) < 4.78 is 35.8. The lowest BCUT2D eigenvalue weighted by atomic mass is 9.92. The van der Waals surface area contributed by atoms with Crippen molar-refractivity contribution >= 4 is 16.9 Å². The fraction of sp³-hybridized carbons (Fsp3) is 0.455. The number of alkyl halides is 2. The summed E-state index contributed by atoms with van der Waals surface area (Å²) in [7, 11) is 0. The number of benzene rings is 1. The Morgan fingerprint density at radius 1 is 1.19 bits per heavy atom. The molecule has 7 nitrogen and oxygen atoms in total. The van der Waals surface area contributed by atoms with Gasteiger partial charge in [-0.3, -0.25) is 4.90 Å². The molecule has 2 aromatic heterocycles. The monoisotopic (exact) mass is 427 g/mol. The minimum atomic E-state index is -2.74. The van der Waals surface area contributed by atoms with E-state index in [1.54, 1.807) is 6.33 Å². The van der Waals surface area contributed by atoms with Gasteiger partial charge in [-0.15, -0.1) is 0 Å². The number of anilines is 1. The Morgan fingerprint density at radius 3 is 2.84 bits per heavy atom. The number of hydrogen-bond donors (Lipinski definition) is 2. The number of hydrogen-bond acceptors (Lipinski definition) is 6. The number of fused-ring (bicyclic) bond motifs is 2. The number of nitrogens with zero attached hydrogens (tertiary/aromatic N) is 3. The van der Waals surface area contributed by atoms with Gasteiger partial charge in [0.05, 0.1) is 23.6 Å². The fourth-order valence-electron chi connectivity index (χ4n) is 4.65. The second kappa shape index (κ2) is 7.42. The third-order valence-electron chi connectivity index (χ3n) is 6.44. The van der Waals surface area contributed by atoms with Crippen molar-refractivity contribution in [3.63, 3.8) is 0 Å². The second-order valence-electron chi connectivity index (χ2n) is 8.49. The van der Waals surface area contributed by atoms with Crippen LogP contribution in [-0.4, -0.2) is 58.3 Å². The number of likely N-dealkylation sites (tertiary alicyclic amines) is 1. The van der Waals surface area contributed by atoms with Crippen LogP contribution >= 0.6 is 0 Å². The summed E-state index contributed by atoms with van der Waals surface area (Å²) in [4.78, 5) is 14.5. The number of H-pyrrole nitrogens is 1. The molecule has 6 rings (SSSR count). The third kappa shape index (κ3) is 3.51.